The van der Waals surface area contributed by atoms with E-state index >= 15 is 0 Å². The van der Waals surface area contributed by atoms with Gasteiger partial charge in [-0.15, -0.1) is 11.8 Å². The van der Waals surface area contributed by atoms with Crippen LogP contribution in [-0.4, -0.2) is 30.4 Å². The number of amides is 1. The van der Waals surface area contributed by atoms with Gasteiger partial charge in [0.1, 0.15) is 16.9 Å². The third kappa shape index (κ3) is 4.45. The number of nitrogens with two attached hydrogens (primary N) is 1. The topological polar surface area (TPSA) is 101 Å². The molecule has 0 aliphatic rings. The number of nitrogen functional groups attached to an aromatic ring is 1. The highest BCUT2D eigenvalue weighted by Crippen LogP contribution is 2.24. The second-order valence-electron chi connectivity index (χ2n) is 4.55. The maximum Gasteiger partial charge on any atom is 0.259 e. The molecule has 0 atom stereocenters. The standard InChI is InChI=1S/C16H16N4O2S/c1-22-7-8-23-16-11(10-17)9-13(14(18)20-16)15(21)19-12-5-3-2-4-6-12/h2-6,9H,7-8H2,1H3,(H2,18,20)(H,19,21). The molecule has 6 nitrogen and oxygen atoms in total. The van der Waals surface area contributed by atoms with Crippen LogP contribution < -0.4 is 11.1 Å². The van der Waals surface area contributed by atoms with Crippen molar-refractivity contribution < 1.29 is 9.53 Å². The summed E-state index contributed by atoms with van der Waals surface area (Å²) < 4.78 is 4.97. The first-order chi connectivity index (χ1) is 11.2. The Kier molecular flexibility index (Phi) is 5.97. The number of pyridine rings is 1. The summed E-state index contributed by atoms with van der Waals surface area (Å²) in [4.78, 5) is 16.5. The van der Waals surface area contributed by atoms with Crippen LogP contribution in [0.25, 0.3) is 0 Å². The van der Waals surface area contributed by atoms with Crippen molar-refractivity contribution >= 4 is 29.2 Å². The van der Waals surface area contributed by atoms with E-state index in [-0.39, 0.29) is 11.4 Å². The summed E-state index contributed by atoms with van der Waals surface area (Å²) in [6.07, 6.45) is 0. The molecule has 2 aromatic rings. The summed E-state index contributed by atoms with van der Waals surface area (Å²) in [7, 11) is 1.60. The molecule has 1 aromatic heterocycles. The van der Waals surface area contributed by atoms with E-state index in [2.05, 4.69) is 10.3 Å². The third-order valence-electron chi connectivity index (χ3n) is 2.94. The van der Waals surface area contributed by atoms with E-state index in [1.807, 2.05) is 24.3 Å². The van der Waals surface area contributed by atoms with Gasteiger partial charge in [0, 0.05) is 18.6 Å². The fourth-order valence-electron chi connectivity index (χ4n) is 1.82. The molecule has 7 heteroatoms. The molecule has 1 aromatic carbocycles. The van der Waals surface area contributed by atoms with E-state index < -0.39 is 5.91 Å². The zero-order valence-electron chi connectivity index (χ0n) is 12.6. The number of nitriles is 1. The molecule has 0 spiro atoms. The van der Waals surface area contributed by atoms with Gasteiger partial charge in [-0.1, -0.05) is 18.2 Å². The highest BCUT2D eigenvalue weighted by Gasteiger charge is 2.16. The fraction of sp³-hybridized carbons (Fsp3) is 0.188. The van der Waals surface area contributed by atoms with Gasteiger partial charge in [0.05, 0.1) is 17.7 Å². The normalized spacial score (nSPS) is 10.1. The van der Waals surface area contributed by atoms with Crippen LogP contribution in [0.5, 0.6) is 0 Å². The number of para-hydroxylation sites is 1. The smallest absolute Gasteiger partial charge is 0.259 e. The van der Waals surface area contributed by atoms with Crippen molar-refractivity contribution in [2.24, 2.45) is 0 Å². The number of rotatable bonds is 6. The van der Waals surface area contributed by atoms with E-state index in [1.165, 1.54) is 17.8 Å². The van der Waals surface area contributed by atoms with Gasteiger partial charge in [0.2, 0.25) is 0 Å². The molecular formula is C16H16N4O2S. The van der Waals surface area contributed by atoms with E-state index in [1.54, 1.807) is 19.2 Å². The Labute approximate surface area is 138 Å². The van der Waals surface area contributed by atoms with Gasteiger partial charge >= 0.3 is 0 Å². The Bertz CT molecular complexity index is 729. The Hall–Kier alpha value is -2.56. The number of carbonyl (C=O) groups is 1. The fourth-order valence-corrected chi connectivity index (χ4v) is 2.69. The van der Waals surface area contributed by atoms with Gasteiger partial charge in [-0.2, -0.15) is 5.26 Å². The molecule has 23 heavy (non-hydrogen) atoms. The van der Waals surface area contributed by atoms with E-state index in [0.717, 1.165) is 0 Å². The second kappa shape index (κ2) is 8.17. The molecular weight excluding hydrogens is 312 g/mol. The lowest BCUT2D eigenvalue weighted by Gasteiger charge is -2.10. The summed E-state index contributed by atoms with van der Waals surface area (Å²) >= 11 is 1.36. The van der Waals surface area contributed by atoms with Crippen LogP contribution in [0.15, 0.2) is 41.4 Å². The average Bonchev–Trinajstić information content (AvgIpc) is 2.56. The molecule has 0 unspecified atom stereocenters. The van der Waals surface area contributed by atoms with Gasteiger partial charge in [0.15, 0.2) is 0 Å². The van der Waals surface area contributed by atoms with Crippen LogP contribution in [0.2, 0.25) is 0 Å². The molecule has 0 radical (unpaired) electrons. The zero-order chi connectivity index (χ0) is 16.7. The largest absolute Gasteiger partial charge is 0.384 e. The molecule has 2 rings (SSSR count). The van der Waals surface area contributed by atoms with Crippen LogP contribution in [0.3, 0.4) is 0 Å². The highest BCUT2D eigenvalue weighted by molar-refractivity contribution is 7.99. The number of nitrogens with zero attached hydrogens (tertiary/aromatic N) is 2. The quantitative estimate of drug-likeness (QED) is 0.624. The van der Waals surface area contributed by atoms with Crippen molar-refractivity contribution in [3.63, 3.8) is 0 Å². The minimum absolute atomic E-state index is 0.0948. The summed E-state index contributed by atoms with van der Waals surface area (Å²) in [5, 5.41) is 12.5. The first kappa shape index (κ1) is 16.8. The summed E-state index contributed by atoms with van der Waals surface area (Å²) in [6, 6.07) is 12.5. The Balaban J connectivity index is 2.22. The van der Waals surface area contributed by atoms with Gasteiger partial charge in [-0.3, -0.25) is 4.79 Å². The number of anilines is 2. The molecule has 1 amide bonds. The van der Waals surface area contributed by atoms with Gasteiger partial charge in [-0.05, 0) is 18.2 Å². The first-order valence-corrected chi connectivity index (χ1v) is 7.83. The van der Waals surface area contributed by atoms with Gasteiger partial charge < -0.3 is 15.8 Å². The number of aromatic nitrogens is 1. The molecule has 0 fully saturated rings. The molecule has 0 saturated heterocycles. The number of nitrogens with one attached hydrogen (secondary N) is 1. The van der Waals surface area contributed by atoms with Crippen molar-refractivity contribution in [3.05, 3.63) is 47.5 Å². The first-order valence-electron chi connectivity index (χ1n) is 6.84. The monoisotopic (exact) mass is 328 g/mol. The Morgan fingerprint density at radius 2 is 2.17 bits per heavy atom. The minimum atomic E-state index is -0.397. The molecule has 3 N–H and O–H groups in total. The third-order valence-corrected chi connectivity index (χ3v) is 3.90. The molecule has 0 aliphatic heterocycles. The molecule has 0 aliphatic carbocycles. The maximum atomic E-state index is 12.3. The maximum absolute atomic E-state index is 12.3. The van der Waals surface area contributed by atoms with E-state index in [0.29, 0.717) is 28.6 Å². The van der Waals surface area contributed by atoms with E-state index in [4.69, 9.17) is 10.5 Å². The highest BCUT2D eigenvalue weighted by atomic mass is 32.2. The van der Waals surface area contributed by atoms with E-state index in [9.17, 15) is 10.1 Å². The lowest BCUT2D eigenvalue weighted by Crippen LogP contribution is -2.15. The Morgan fingerprint density at radius 1 is 1.43 bits per heavy atom. The van der Waals surface area contributed by atoms with Crippen molar-refractivity contribution in [1.82, 2.24) is 4.98 Å². The van der Waals surface area contributed by atoms with Crippen LogP contribution in [0.1, 0.15) is 15.9 Å². The second-order valence-corrected chi connectivity index (χ2v) is 5.63. The predicted molar refractivity (Wildman–Crippen MR) is 90.4 cm³/mol. The number of thioether (sulfide) groups is 1. The number of hydrogen-bond acceptors (Lipinski definition) is 6. The van der Waals surface area contributed by atoms with Gasteiger partial charge in [0.25, 0.3) is 5.91 Å². The van der Waals surface area contributed by atoms with Crippen LogP contribution >= 0.6 is 11.8 Å². The van der Waals surface area contributed by atoms with Crippen molar-refractivity contribution in [2.75, 3.05) is 30.5 Å². The van der Waals surface area contributed by atoms with Crippen molar-refractivity contribution in [3.8, 4) is 6.07 Å². The summed E-state index contributed by atoms with van der Waals surface area (Å²) in [5.41, 5.74) is 7.03. The molecule has 118 valence electrons. The average molecular weight is 328 g/mol. The lowest BCUT2D eigenvalue weighted by atomic mass is 10.2. The molecule has 0 bridgehead atoms. The molecule has 1 heterocycles. The lowest BCUT2D eigenvalue weighted by molar-refractivity contribution is 0.102. The van der Waals surface area contributed by atoms with Crippen LogP contribution in [0, 0.1) is 11.3 Å². The van der Waals surface area contributed by atoms with Crippen LogP contribution in [0.4, 0.5) is 11.5 Å². The molecule has 0 saturated carbocycles. The van der Waals surface area contributed by atoms with Gasteiger partial charge in [-0.25, -0.2) is 4.98 Å². The summed E-state index contributed by atoms with van der Waals surface area (Å²) in [6.45, 7) is 0.535. The number of carbonyl (C=O) groups excluding carboxylic acids is 1. The number of ether oxygens (including phenoxy) is 1. The van der Waals surface area contributed by atoms with Crippen LogP contribution in [-0.2, 0) is 4.74 Å². The van der Waals surface area contributed by atoms with Crippen molar-refractivity contribution in [1.29, 1.82) is 5.26 Å². The summed E-state index contributed by atoms with van der Waals surface area (Å²) in [5.74, 6) is 0.344. The van der Waals surface area contributed by atoms with Crippen molar-refractivity contribution in [2.45, 2.75) is 5.03 Å². The number of hydrogen-bond donors (Lipinski definition) is 2. The number of methoxy groups -OCH3 is 1. The Morgan fingerprint density at radius 3 is 2.83 bits per heavy atom. The predicted octanol–water partition coefficient (Wildman–Crippen LogP) is 2.53. The number of benzene rings is 1. The minimum Gasteiger partial charge on any atom is -0.384 e. The zero-order valence-corrected chi connectivity index (χ0v) is 13.4. The SMILES string of the molecule is COCCSc1nc(N)c(C(=O)Nc2ccccc2)cc1C#N.